The maximum atomic E-state index is 11.0. The number of thiophene rings is 1. The zero-order valence-electron chi connectivity index (χ0n) is 10.7. The number of nitrogens with zero attached hydrogens (tertiary/aromatic N) is 4. The molecule has 2 aromatic heterocycles. The number of hydrogen-bond acceptors (Lipinski definition) is 5. The summed E-state index contributed by atoms with van der Waals surface area (Å²) in [6.45, 7) is 3.92. The van der Waals surface area contributed by atoms with Crippen LogP contribution in [-0.4, -0.2) is 31.3 Å². The van der Waals surface area contributed by atoms with E-state index in [-0.39, 0.29) is 18.4 Å². The van der Waals surface area contributed by atoms with E-state index in [2.05, 4.69) is 47.4 Å². The summed E-state index contributed by atoms with van der Waals surface area (Å²) >= 11 is 8.35. The summed E-state index contributed by atoms with van der Waals surface area (Å²) in [7, 11) is 0. The van der Waals surface area contributed by atoms with Gasteiger partial charge in [0.05, 0.1) is 21.1 Å². The number of tetrazole rings is 1. The van der Waals surface area contributed by atoms with Crippen LogP contribution in [0.25, 0.3) is 10.7 Å². The zero-order chi connectivity index (χ0) is 14.9. The monoisotopic (exact) mass is 422 g/mol. The van der Waals surface area contributed by atoms with Crippen molar-refractivity contribution in [3.8, 4) is 10.7 Å². The van der Waals surface area contributed by atoms with Gasteiger partial charge in [-0.05, 0) is 54.3 Å². The number of carbonyl (C=O) groups is 1. The molecule has 2 rings (SSSR count). The van der Waals surface area contributed by atoms with E-state index in [0.29, 0.717) is 5.82 Å². The summed E-state index contributed by atoms with van der Waals surface area (Å²) < 4.78 is 3.47. The van der Waals surface area contributed by atoms with Gasteiger partial charge in [-0.3, -0.25) is 4.79 Å². The minimum atomic E-state index is -0.862. The molecule has 1 atom stereocenters. The molecular formula is C11H12Br2N4O2S. The molecule has 1 N–H and O–H groups in total. The van der Waals surface area contributed by atoms with Gasteiger partial charge >= 0.3 is 5.97 Å². The number of carboxylic acids is 1. The van der Waals surface area contributed by atoms with Crippen molar-refractivity contribution < 1.29 is 9.90 Å². The Kier molecular flexibility index (Phi) is 4.92. The fraction of sp³-hybridized carbons (Fsp3) is 0.455. The second kappa shape index (κ2) is 6.31. The Morgan fingerprint density at radius 3 is 2.70 bits per heavy atom. The summed E-state index contributed by atoms with van der Waals surface area (Å²) in [5.74, 6) is -0.166. The highest BCUT2D eigenvalue weighted by Crippen LogP contribution is 2.38. The second-order valence-electron chi connectivity index (χ2n) is 4.59. The quantitative estimate of drug-likeness (QED) is 0.794. The predicted octanol–water partition coefficient (Wildman–Crippen LogP) is 3.60. The van der Waals surface area contributed by atoms with E-state index in [9.17, 15) is 4.79 Å². The first-order valence-electron chi connectivity index (χ1n) is 5.85. The fourth-order valence-electron chi connectivity index (χ4n) is 1.82. The van der Waals surface area contributed by atoms with Crippen LogP contribution in [0.15, 0.2) is 14.3 Å². The van der Waals surface area contributed by atoms with Crippen LogP contribution in [0, 0.1) is 5.92 Å². The summed E-state index contributed by atoms with van der Waals surface area (Å²) in [5, 5.41) is 20.7. The Bertz CT molecular complexity index is 606. The van der Waals surface area contributed by atoms with Crippen LogP contribution in [-0.2, 0) is 4.79 Å². The lowest BCUT2D eigenvalue weighted by molar-refractivity contribution is -0.138. The number of hydrogen-bond donors (Lipinski definition) is 1. The van der Waals surface area contributed by atoms with E-state index >= 15 is 0 Å². The molecule has 0 amide bonds. The van der Waals surface area contributed by atoms with Gasteiger partial charge in [0.2, 0.25) is 0 Å². The topological polar surface area (TPSA) is 80.9 Å². The van der Waals surface area contributed by atoms with E-state index in [0.717, 1.165) is 13.1 Å². The Balaban J connectivity index is 2.42. The molecule has 2 heterocycles. The van der Waals surface area contributed by atoms with Gasteiger partial charge < -0.3 is 5.11 Å². The molecule has 2 aromatic rings. The van der Waals surface area contributed by atoms with Crippen molar-refractivity contribution in [2.45, 2.75) is 26.3 Å². The van der Waals surface area contributed by atoms with Gasteiger partial charge in [-0.15, -0.1) is 16.4 Å². The van der Waals surface area contributed by atoms with Crippen LogP contribution in [0.3, 0.4) is 0 Å². The molecule has 6 nitrogen and oxygen atoms in total. The lowest BCUT2D eigenvalue weighted by Crippen LogP contribution is -2.21. The lowest BCUT2D eigenvalue weighted by atomic mass is 10.0. The van der Waals surface area contributed by atoms with Gasteiger partial charge in [-0.1, -0.05) is 13.8 Å². The number of rotatable bonds is 5. The highest BCUT2D eigenvalue weighted by atomic mass is 79.9. The second-order valence-corrected chi connectivity index (χ2v) is 7.81. The van der Waals surface area contributed by atoms with Crippen LogP contribution < -0.4 is 0 Å². The zero-order valence-corrected chi connectivity index (χ0v) is 14.7. The average molecular weight is 424 g/mol. The molecule has 1 unspecified atom stereocenters. The smallest absolute Gasteiger partial charge is 0.305 e. The van der Waals surface area contributed by atoms with Gasteiger partial charge in [0.1, 0.15) is 0 Å². The summed E-state index contributed by atoms with van der Waals surface area (Å²) in [6.07, 6.45) is -0.0105. The number of aliphatic carboxylic acids is 1. The molecule has 0 spiro atoms. The molecule has 20 heavy (non-hydrogen) atoms. The lowest BCUT2D eigenvalue weighted by Gasteiger charge is -2.19. The van der Waals surface area contributed by atoms with Crippen molar-refractivity contribution in [2.24, 2.45) is 5.92 Å². The van der Waals surface area contributed by atoms with Crippen molar-refractivity contribution in [3.05, 3.63) is 14.3 Å². The van der Waals surface area contributed by atoms with E-state index in [1.54, 1.807) is 4.68 Å². The first kappa shape index (κ1) is 15.6. The Morgan fingerprint density at radius 1 is 1.50 bits per heavy atom. The molecule has 108 valence electrons. The molecule has 0 saturated carbocycles. The Morgan fingerprint density at radius 2 is 2.20 bits per heavy atom. The van der Waals surface area contributed by atoms with E-state index < -0.39 is 5.97 Å². The minimum Gasteiger partial charge on any atom is -0.481 e. The third-order valence-electron chi connectivity index (χ3n) is 2.83. The maximum Gasteiger partial charge on any atom is 0.305 e. The number of carboxylic acid groups (broad SMARTS) is 1. The first-order valence-corrected chi connectivity index (χ1v) is 8.25. The van der Waals surface area contributed by atoms with Gasteiger partial charge in [-0.2, -0.15) is 0 Å². The van der Waals surface area contributed by atoms with Crippen molar-refractivity contribution in [1.82, 2.24) is 20.2 Å². The van der Waals surface area contributed by atoms with E-state index in [4.69, 9.17) is 5.11 Å². The van der Waals surface area contributed by atoms with Crippen molar-refractivity contribution in [1.29, 1.82) is 0 Å². The van der Waals surface area contributed by atoms with Gasteiger partial charge in [0.15, 0.2) is 5.82 Å². The normalized spacial score (nSPS) is 12.8. The summed E-state index contributed by atoms with van der Waals surface area (Å²) in [6, 6.07) is 1.63. The molecule has 0 saturated heterocycles. The van der Waals surface area contributed by atoms with Crippen LogP contribution in [0.4, 0.5) is 0 Å². The van der Waals surface area contributed by atoms with Crippen molar-refractivity contribution in [3.63, 3.8) is 0 Å². The number of halogens is 2. The van der Waals surface area contributed by atoms with E-state index in [1.165, 1.54) is 11.3 Å². The van der Waals surface area contributed by atoms with Gasteiger partial charge in [-0.25, -0.2) is 4.68 Å². The molecule has 0 radical (unpaired) electrons. The highest BCUT2D eigenvalue weighted by Gasteiger charge is 2.25. The van der Waals surface area contributed by atoms with Gasteiger partial charge in [0, 0.05) is 4.47 Å². The van der Waals surface area contributed by atoms with Crippen LogP contribution in [0.1, 0.15) is 26.3 Å². The van der Waals surface area contributed by atoms with Crippen LogP contribution in [0.2, 0.25) is 0 Å². The largest absolute Gasteiger partial charge is 0.481 e. The average Bonchev–Trinajstić information content (AvgIpc) is 2.93. The maximum absolute atomic E-state index is 11.0. The molecule has 0 aliphatic heterocycles. The Labute approximate surface area is 136 Å². The molecule has 0 aliphatic rings. The fourth-order valence-corrected chi connectivity index (χ4v) is 3.83. The highest BCUT2D eigenvalue weighted by molar-refractivity contribution is 9.13. The molecule has 9 heteroatoms. The molecule has 0 aliphatic carbocycles. The summed E-state index contributed by atoms with van der Waals surface area (Å²) in [5.41, 5.74) is 0. The van der Waals surface area contributed by atoms with Gasteiger partial charge in [0.25, 0.3) is 0 Å². The molecule has 0 fully saturated rings. The third-order valence-corrected chi connectivity index (χ3v) is 6.08. The number of aromatic nitrogens is 4. The minimum absolute atomic E-state index is 0.0105. The third kappa shape index (κ3) is 3.26. The SMILES string of the molecule is CC(C)C(CC(=O)O)n1nnnc1-c1cc(Br)c(Br)s1. The summed E-state index contributed by atoms with van der Waals surface area (Å²) in [4.78, 5) is 11.9. The molecule has 0 bridgehead atoms. The van der Waals surface area contributed by atoms with E-state index in [1.807, 2.05) is 19.9 Å². The standard InChI is InChI=1S/C11H12Br2N4O2S/c1-5(2)7(4-9(18)19)17-11(14-15-16-17)8-3-6(12)10(13)20-8/h3,5,7H,4H2,1-2H3,(H,18,19). The molecular weight excluding hydrogens is 412 g/mol. The van der Waals surface area contributed by atoms with Crippen molar-refractivity contribution in [2.75, 3.05) is 0 Å². The van der Waals surface area contributed by atoms with Crippen LogP contribution in [0.5, 0.6) is 0 Å². The van der Waals surface area contributed by atoms with Crippen molar-refractivity contribution >= 4 is 49.2 Å². The Hall–Kier alpha value is -0.800. The van der Waals surface area contributed by atoms with Crippen LogP contribution >= 0.6 is 43.2 Å². The first-order chi connectivity index (χ1) is 9.40. The predicted molar refractivity (Wildman–Crippen MR) is 82.7 cm³/mol. The molecule has 0 aromatic carbocycles.